The molecule has 4 amide bonds. The standard InChI is InChI=1S/C21H25N3O5/c1-21(2,3)29-20(28)23-7-6-12-9-15-14(8-13(12)10-23)11-24(19(15)27)16-4-5-17(25)22-18(16)26/h8-9,16H,4-7,10-11H2,1-3H3,(H,22,25,26). The molecular formula is C21H25N3O5. The average molecular weight is 399 g/mol. The van der Waals surface area contributed by atoms with E-state index in [1.165, 1.54) is 0 Å². The van der Waals surface area contributed by atoms with Gasteiger partial charge in [-0.2, -0.15) is 0 Å². The van der Waals surface area contributed by atoms with E-state index in [1.807, 2.05) is 32.9 Å². The van der Waals surface area contributed by atoms with E-state index >= 15 is 0 Å². The molecule has 0 aromatic heterocycles. The smallest absolute Gasteiger partial charge is 0.410 e. The van der Waals surface area contributed by atoms with Gasteiger partial charge >= 0.3 is 6.09 Å². The lowest BCUT2D eigenvalue weighted by Crippen LogP contribution is -2.52. The van der Waals surface area contributed by atoms with Crippen molar-refractivity contribution in [1.82, 2.24) is 15.1 Å². The number of imide groups is 1. The number of carbonyl (C=O) groups is 4. The molecule has 1 aromatic rings. The Labute approximate surface area is 169 Å². The van der Waals surface area contributed by atoms with E-state index in [0.29, 0.717) is 38.0 Å². The number of amides is 4. The summed E-state index contributed by atoms with van der Waals surface area (Å²) in [6, 6.07) is 3.24. The van der Waals surface area contributed by atoms with Crippen LogP contribution in [0.15, 0.2) is 12.1 Å². The zero-order valence-electron chi connectivity index (χ0n) is 16.9. The third-order valence-corrected chi connectivity index (χ3v) is 5.51. The van der Waals surface area contributed by atoms with Gasteiger partial charge < -0.3 is 14.5 Å². The Bertz CT molecular complexity index is 918. The molecule has 0 radical (unpaired) electrons. The molecule has 3 aliphatic rings. The largest absolute Gasteiger partial charge is 0.444 e. The van der Waals surface area contributed by atoms with Gasteiger partial charge in [-0.25, -0.2) is 4.79 Å². The summed E-state index contributed by atoms with van der Waals surface area (Å²) in [5.41, 5.74) is 2.95. The molecule has 0 bridgehead atoms. The number of hydrogen-bond acceptors (Lipinski definition) is 5. The van der Waals surface area contributed by atoms with Gasteiger partial charge in [0.05, 0.1) is 0 Å². The summed E-state index contributed by atoms with van der Waals surface area (Å²) in [5, 5.41) is 2.32. The molecule has 0 spiro atoms. The van der Waals surface area contributed by atoms with Crippen molar-refractivity contribution < 1.29 is 23.9 Å². The van der Waals surface area contributed by atoms with E-state index in [2.05, 4.69) is 5.32 Å². The predicted molar refractivity (Wildman–Crippen MR) is 103 cm³/mol. The second-order valence-electron chi connectivity index (χ2n) is 8.83. The summed E-state index contributed by atoms with van der Waals surface area (Å²) >= 11 is 0. The molecule has 8 nitrogen and oxygen atoms in total. The Kier molecular flexibility index (Phi) is 4.59. The van der Waals surface area contributed by atoms with Crippen molar-refractivity contribution in [3.05, 3.63) is 34.4 Å². The van der Waals surface area contributed by atoms with E-state index in [9.17, 15) is 19.2 Å². The predicted octanol–water partition coefficient (Wildman–Crippen LogP) is 1.74. The number of piperidine rings is 1. The highest BCUT2D eigenvalue weighted by Crippen LogP contribution is 2.32. The highest BCUT2D eigenvalue weighted by Gasteiger charge is 2.40. The number of rotatable bonds is 1. The summed E-state index contributed by atoms with van der Waals surface area (Å²) < 4.78 is 5.47. The van der Waals surface area contributed by atoms with Crippen LogP contribution in [0.2, 0.25) is 0 Å². The molecule has 0 saturated carbocycles. The first-order valence-corrected chi connectivity index (χ1v) is 9.89. The molecule has 1 atom stereocenters. The monoisotopic (exact) mass is 399 g/mol. The molecule has 0 aliphatic carbocycles. The molecule has 8 heteroatoms. The van der Waals surface area contributed by atoms with Gasteiger partial charge in [-0.3, -0.25) is 19.7 Å². The fraction of sp³-hybridized carbons (Fsp3) is 0.524. The molecule has 1 aromatic carbocycles. The minimum Gasteiger partial charge on any atom is -0.444 e. The maximum absolute atomic E-state index is 12.9. The van der Waals surface area contributed by atoms with Crippen LogP contribution in [0.4, 0.5) is 4.79 Å². The van der Waals surface area contributed by atoms with Crippen LogP contribution in [0.5, 0.6) is 0 Å². The van der Waals surface area contributed by atoms with E-state index in [1.54, 1.807) is 9.80 Å². The number of fused-ring (bicyclic) bond motifs is 2. The van der Waals surface area contributed by atoms with Gasteiger partial charge in [0.1, 0.15) is 11.6 Å². The van der Waals surface area contributed by atoms with Gasteiger partial charge in [-0.1, -0.05) is 6.07 Å². The number of benzene rings is 1. The van der Waals surface area contributed by atoms with Gasteiger partial charge in [-0.05, 0) is 56.4 Å². The van der Waals surface area contributed by atoms with Crippen LogP contribution >= 0.6 is 0 Å². The van der Waals surface area contributed by atoms with Crippen molar-refractivity contribution in [3.63, 3.8) is 0 Å². The van der Waals surface area contributed by atoms with Crippen LogP contribution in [0.1, 0.15) is 60.7 Å². The summed E-state index contributed by atoms with van der Waals surface area (Å²) in [7, 11) is 0. The number of hydrogen-bond donors (Lipinski definition) is 1. The molecule has 29 heavy (non-hydrogen) atoms. The highest BCUT2D eigenvalue weighted by molar-refractivity contribution is 6.05. The molecule has 154 valence electrons. The first kappa shape index (κ1) is 19.4. The zero-order chi connectivity index (χ0) is 20.9. The Morgan fingerprint density at radius 2 is 1.83 bits per heavy atom. The Balaban J connectivity index is 1.53. The van der Waals surface area contributed by atoms with Gasteiger partial charge in [0.2, 0.25) is 11.8 Å². The molecular weight excluding hydrogens is 374 g/mol. The van der Waals surface area contributed by atoms with Crippen LogP contribution < -0.4 is 5.32 Å². The van der Waals surface area contributed by atoms with Crippen molar-refractivity contribution in [2.75, 3.05) is 6.54 Å². The van der Waals surface area contributed by atoms with Gasteiger partial charge in [0.25, 0.3) is 5.91 Å². The minimum atomic E-state index is -0.622. The fourth-order valence-corrected chi connectivity index (χ4v) is 4.11. The first-order valence-electron chi connectivity index (χ1n) is 9.89. The van der Waals surface area contributed by atoms with Crippen molar-refractivity contribution in [3.8, 4) is 0 Å². The van der Waals surface area contributed by atoms with E-state index in [-0.39, 0.29) is 24.3 Å². The molecule has 3 aliphatic heterocycles. The number of ether oxygens (including phenoxy) is 1. The van der Waals surface area contributed by atoms with Crippen molar-refractivity contribution in [1.29, 1.82) is 0 Å². The van der Waals surface area contributed by atoms with Crippen LogP contribution in [0.3, 0.4) is 0 Å². The normalized spacial score (nSPS) is 21.6. The Hall–Kier alpha value is -2.90. The van der Waals surface area contributed by atoms with Crippen molar-refractivity contribution in [2.45, 2.75) is 64.8 Å². The fourth-order valence-electron chi connectivity index (χ4n) is 4.11. The number of nitrogens with zero attached hydrogens (tertiary/aromatic N) is 2. The second kappa shape index (κ2) is 6.86. The quantitative estimate of drug-likeness (QED) is 0.726. The molecule has 1 fully saturated rings. The molecule has 1 N–H and O–H groups in total. The Morgan fingerprint density at radius 1 is 1.07 bits per heavy atom. The topological polar surface area (TPSA) is 96.0 Å². The summed E-state index contributed by atoms with van der Waals surface area (Å²) in [4.78, 5) is 52.1. The molecule has 1 saturated heterocycles. The maximum atomic E-state index is 12.9. The van der Waals surface area contributed by atoms with E-state index < -0.39 is 17.6 Å². The van der Waals surface area contributed by atoms with Gasteiger partial charge in [0, 0.05) is 31.6 Å². The van der Waals surface area contributed by atoms with E-state index in [4.69, 9.17) is 4.74 Å². The first-order chi connectivity index (χ1) is 13.6. The number of carbonyl (C=O) groups excluding carboxylic acids is 4. The molecule has 1 unspecified atom stereocenters. The lowest BCUT2D eigenvalue weighted by atomic mass is 9.94. The molecule has 4 rings (SSSR count). The summed E-state index contributed by atoms with van der Waals surface area (Å²) in [6.07, 6.45) is 0.881. The zero-order valence-corrected chi connectivity index (χ0v) is 16.9. The van der Waals surface area contributed by atoms with Gasteiger partial charge in [0.15, 0.2) is 0 Å². The number of nitrogens with one attached hydrogen (secondary N) is 1. The van der Waals surface area contributed by atoms with Crippen LogP contribution in [-0.2, 0) is 33.8 Å². The Morgan fingerprint density at radius 3 is 2.52 bits per heavy atom. The maximum Gasteiger partial charge on any atom is 0.410 e. The third kappa shape index (κ3) is 3.71. The lowest BCUT2D eigenvalue weighted by Gasteiger charge is -2.31. The second-order valence-corrected chi connectivity index (χ2v) is 8.83. The van der Waals surface area contributed by atoms with E-state index in [0.717, 1.165) is 16.7 Å². The highest BCUT2D eigenvalue weighted by atomic mass is 16.6. The average Bonchev–Trinajstić information content (AvgIpc) is 2.94. The van der Waals surface area contributed by atoms with Crippen LogP contribution in [-0.4, -0.2) is 51.8 Å². The third-order valence-electron chi connectivity index (χ3n) is 5.51. The SMILES string of the molecule is CC(C)(C)OC(=O)N1CCc2cc3c(cc2C1)CN(C1CCC(=O)NC1=O)C3=O. The summed E-state index contributed by atoms with van der Waals surface area (Å²) in [6.45, 7) is 6.82. The van der Waals surface area contributed by atoms with Crippen LogP contribution in [0.25, 0.3) is 0 Å². The lowest BCUT2D eigenvalue weighted by molar-refractivity contribution is -0.136. The summed E-state index contributed by atoms with van der Waals surface area (Å²) in [5.74, 6) is -0.886. The van der Waals surface area contributed by atoms with Crippen molar-refractivity contribution >= 4 is 23.8 Å². The molecule has 3 heterocycles. The van der Waals surface area contributed by atoms with Crippen LogP contribution in [0, 0.1) is 0 Å². The minimum absolute atomic E-state index is 0.174. The van der Waals surface area contributed by atoms with Gasteiger partial charge in [-0.15, -0.1) is 0 Å². The van der Waals surface area contributed by atoms with Crippen molar-refractivity contribution in [2.24, 2.45) is 0 Å².